The summed E-state index contributed by atoms with van der Waals surface area (Å²) in [6.07, 6.45) is 1.19. The molecular formula is C11H19N3O. The molecule has 0 spiro atoms. The Balaban J connectivity index is 1.77. The van der Waals surface area contributed by atoms with Gasteiger partial charge >= 0.3 is 0 Å². The fraction of sp³-hybridized carbons (Fsp3) is 0.727. The molecule has 0 amide bonds. The Bertz CT molecular complexity index is 296. The summed E-state index contributed by atoms with van der Waals surface area (Å²) < 4.78 is 5.33. The van der Waals surface area contributed by atoms with E-state index in [2.05, 4.69) is 22.4 Å². The van der Waals surface area contributed by atoms with E-state index in [1.165, 1.54) is 17.7 Å². The van der Waals surface area contributed by atoms with E-state index < -0.39 is 0 Å². The molecule has 0 bridgehead atoms. The van der Waals surface area contributed by atoms with Crippen molar-refractivity contribution in [1.29, 1.82) is 0 Å². The van der Waals surface area contributed by atoms with E-state index >= 15 is 0 Å². The van der Waals surface area contributed by atoms with Crippen LogP contribution in [0.4, 0.5) is 0 Å². The Labute approximate surface area is 90.4 Å². The molecule has 2 rings (SSSR count). The van der Waals surface area contributed by atoms with Crippen LogP contribution >= 0.6 is 0 Å². The van der Waals surface area contributed by atoms with Gasteiger partial charge in [-0.05, 0) is 26.2 Å². The minimum absolute atomic E-state index is 0.692. The van der Waals surface area contributed by atoms with Gasteiger partial charge in [0, 0.05) is 31.0 Å². The van der Waals surface area contributed by atoms with Gasteiger partial charge in [-0.1, -0.05) is 0 Å². The molecule has 0 saturated carbocycles. The smallest absolute Gasteiger partial charge is 0.0638 e. The van der Waals surface area contributed by atoms with Crippen molar-refractivity contribution in [3.63, 3.8) is 0 Å². The molecule has 1 aromatic rings. The molecule has 15 heavy (non-hydrogen) atoms. The molecule has 0 aliphatic carbocycles. The first-order chi connectivity index (χ1) is 7.27. The summed E-state index contributed by atoms with van der Waals surface area (Å²) in [4.78, 5) is 0. The Morgan fingerprint density at radius 3 is 3.00 bits per heavy atom. The van der Waals surface area contributed by atoms with Gasteiger partial charge in [0.25, 0.3) is 0 Å². The van der Waals surface area contributed by atoms with Crippen LogP contribution in [0.5, 0.6) is 0 Å². The molecule has 1 aromatic heterocycles. The SMILES string of the molecule is Cc1n[nH]c(C)c1CNC[C@@H]1CCOC1. The van der Waals surface area contributed by atoms with Gasteiger partial charge in [0.2, 0.25) is 0 Å². The summed E-state index contributed by atoms with van der Waals surface area (Å²) in [5, 5.41) is 10.6. The maximum Gasteiger partial charge on any atom is 0.0638 e. The molecule has 1 fully saturated rings. The molecule has 4 heteroatoms. The Morgan fingerprint density at radius 1 is 1.53 bits per heavy atom. The molecule has 1 atom stereocenters. The summed E-state index contributed by atoms with van der Waals surface area (Å²) >= 11 is 0. The first kappa shape index (κ1) is 10.6. The lowest BCUT2D eigenvalue weighted by Crippen LogP contribution is -2.23. The van der Waals surface area contributed by atoms with Crippen LogP contribution in [-0.4, -0.2) is 30.0 Å². The Hall–Kier alpha value is -0.870. The van der Waals surface area contributed by atoms with Gasteiger partial charge in [0.05, 0.1) is 12.3 Å². The zero-order valence-electron chi connectivity index (χ0n) is 9.47. The third-order valence-corrected chi connectivity index (χ3v) is 3.04. The normalized spacial score (nSPS) is 21.1. The second-order valence-corrected chi connectivity index (χ2v) is 4.27. The van der Waals surface area contributed by atoms with Crippen LogP contribution in [-0.2, 0) is 11.3 Å². The Morgan fingerprint density at radius 2 is 2.40 bits per heavy atom. The molecule has 2 N–H and O–H groups in total. The minimum Gasteiger partial charge on any atom is -0.381 e. The molecule has 1 saturated heterocycles. The van der Waals surface area contributed by atoms with Crippen molar-refractivity contribution >= 4 is 0 Å². The summed E-state index contributed by atoms with van der Waals surface area (Å²) in [6.45, 7) is 7.90. The van der Waals surface area contributed by atoms with Crippen molar-refractivity contribution in [3.8, 4) is 0 Å². The van der Waals surface area contributed by atoms with Crippen molar-refractivity contribution in [2.45, 2.75) is 26.8 Å². The van der Waals surface area contributed by atoms with Gasteiger partial charge < -0.3 is 10.1 Å². The van der Waals surface area contributed by atoms with E-state index in [4.69, 9.17) is 4.74 Å². The summed E-state index contributed by atoms with van der Waals surface area (Å²) in [5.41, 5.74) is 3.57. The summed E-state index contributed by atoms with van der Waals surface area (Å²) in [6, 6.07) is 0. The van der Waals surface area contributed by atoms with Crippen LogP contribution in [0.25, 0.3) is 0 Å². The van der Waals surface area contributed by atoms with Crippen molar-refractivity contribution in [1.82, 2.24) is 15.5 Å². The standard InChI is InChI=1S/C11H19N3O/c1-8-11(9(2)14-13-8)6-12-5-10-3-4-15-7-10/h10,12H,3-7H2,1-2H3,(H,13,14)/t10-/m0/s1. The topological polar surface area (TPSA) is 49.9 Å². The first-order valence-electron chi connectivity index (χ1n) is 5.56. The van der Waals surface area contributed by atoms with E-state index in [-0.39, 0.29) is 0 Å². The maximum absolute atomic E-state index is 5.33. The predicted molar refractivity (Wildman–Crippen MR) is 58.7 cm³/mol. The van der Waals surface area contributed by atoms with Crippen LogP contribution in [0.3, 0.4) is 0 Å². The average Bonchev–Trinajstić information content (AvgIpc) is 2.82. The van der Waals surface area contributed by atoms with Crippen LogP contribution < -0.4 is 5.32 Å². The number of H-pyrrole nitrogens is 1. The van der Waals surface area contributed by atoms with Gasteiger partial charge in [0.15, 0.2) is 0 Å². The second kappa shape index (κ2) is 4.77. The zero-order chi connectivity index (χ0) is 10.7. The molecular weight excluding hydrogens is 190 g/mol. The molecule has 0 aromatic carbocycles. The van der Waals surface area contributed by atoms with E-state index in [0.717, 1.165) is 32.0 Å². The fourth-order valence-corrected chi connectivity index (χ4v) is 1.98. The van der Waals surface area contributed by atoms with Crippen molar-refractivity contribution in [2.24, 2.45) is 5.92 Å². The molecule has 4 nitrogen and oxygen atoms in total. The number of nitrogens with zero attached hydrogens (tertiary/aromatic N) is 1. The molecule has 0 unspecified atom stereocenters. The lowest BCUT2D eigenvalue weighted by atomic mass is 10.1. The second-order valence-electron chi connectivity index (χ2n) is 4.27. The predicted octanol–water partition coefficient (Wildman–Crippen LogP) is 1.15. The molecule has 1 aliphatic rings. The highest BCUT2D eigenvalue weighted by molar-refractivity contribution is 5.22. The van der Waals surface area contributed by atoms with Gasteiger partial charge in [-0.25, -0.2) is 0 Å². The van der Waals surface area contributed by atoms with Crippen LogP contribution in [0, 0.1) is 19.8 Å². The number of nitrogens with one attached hydrogen (secondary N) is 2. The van der Waals surface area contributed by atoms with E-state index in [1.807, 2.05) is 6.92 Å². The number of hydrogen-bond donors (Lipinski definition) is 2. The van der Waals surface area contributed by atoms with E-state index in [1.54, 1.807) is 0 Å². The molecule has 0 radical (unpaired) electrons. The van der Waals surface area contributed by atoms with Crippen molar-refractivity contribution in [3.05, 3.63) is 17.0 Å². The first-order valence-corrected chi connectivity index (χ1v) is 5.56. The van der Waals surface area contributed by atoms with Gasteiger partial charge in [0.1, 0.15) is 0 Å². The number of aromatic nitrogens is 2. The summed E-state index contributed by atoms with van der Waals surface area (Å²) in [5.74, 6) is 0.692. The van der Waals surface area contributed by atoms with Crippen LogP contribution in [0.1, 0.15) is 23.4 Å². The van der Waals surface area contributed by atoms with Crippen molar-refractivity contribution in [2.75, 3.05) is 19.8 Å². The quantitative estimate of drug-likeness (QED) is 0.782. The minimum atomic E-state index is 0.692. The highest BCUT2D eigenvalue weighted by Gasteiger charge is 2.15. The average molecular weight is 209 g/mol. The number of hydrogen-bond acceptors (Lipinski definition) is 3. The number of ether oxygens (including phenoxy) is 1. The highest BCUT2D eigenvalue weighted by atomic mass is 16.5. The number of aryl methyl sites for hydroxylation is 2. The monoisotopic (exact) mass is 209 g/mol. The molecule has 2 heterocycles. The fourth-order valence-electron chi connectivity index (χ4n) is 1.98. The zero-order valence-corrected chi connectivity index (χ0v) is 9.47. The van der Waals surface area contributed by atoms with Crippen LogP contribution in [0.2, 0.25) is 0 Å². The maximum atomic E-state index is 5.33. The Kier molecular flexibility index (Phi) is 3.38. The van der Waals surface area contributed by atoms with E-state index in [0.29, 0.717) is 5.92 Å². The highest BCUT2D eigenvalue weighted by Crippen LogP contribution is 2.12. The van der Waals surface area contributed by atoms with Gasteiger partial charge in [-0.2, -0.15) is 5.10 Å². The van der Waals surface area contributed by atoms with E-state index in [9.17, 15) is 0 Å². The lowest BCUT2D eigenvalue weighted by Gasteiger charge is -2.09. The summed E-state index contributed by atoms with van der Waals surface area (Å²) in [7, 11) is 0. The largest absolute Gasteiger partial charge is 0.381 e. The van der Waals surface area contributed by atoms with Crippen LogP contribution in [0.15, 0.2) is 0 Å². The van der Waals surface area contributed by atoms with Gasteiger partial charge in [-0.3, -0.25) is 5.10 Å². The molecule has 1 aliphatic heterocycles. The lowest BCUT2D eigenvalue weighted by molar-refractivity contribution is 0.185. The number of aromatic amines is 1. The molecule has 84 valence electrons. The van der Waals surface area contributed by atoms with Crippen molar-refractivity contribution < 1.29 is 4.74 Å². The van der Waals surface area contributed by atoms with Gasteiger partial charge in [-0.15, -0.1) is 0 Å². The third-order valence-electron chi connectivity index (χ3n) is 3.04. The third kappa shape index (κ3) is 2.58. The number of rotatable bonds is 4.